The molecule has 0 aromatic heterocycles. The van der Waals surface area contributed by atoms with E-state index in [2.05, 4.69) is 4.90 Å². The molecule has 2 amide bonds. The van der Waals surface area contributed by atoms with Gasteiger partial charge in [-0.15, -0.1) is 0 Å². The predicted octanol–water partition coefficient (Wildman–Crippen LogP) is 1.25. The molecule has 156 valence electrons. The summed E-state index contributed by atoms with van der Waals surface area (Å²) in [4.78, 5) is 41.0. The van der Waals surface area contributed by atoms with Crippen molar-refractivity contribution in [2.24, 2.45) is 0 Å². The van der Waals surface area contributed by atoms with Gasteiger partial charge in [0.05, 0.1) is 43.2 Å². The number of hydrogen-bond donors (Lipinski definition) is 1. The van der Waals surface area contributed by atoms with Crippen molar-refractivity contribution in [1.29, 1.82) is 0 Å². The lowest BCUT2D eigenvalue weighted by molar-refractivity contribution is -0.915. The van der Waals surface area contributed by atoms with Crippen molar-refractivity contribution >= 4 is 28.9 Å². The molecular weight excluding hydrogens is 384 g/mol. The average Bonchev–Trinajstić information content (AvgIpc) is 3.02. The van der Waals surface area contributed by atoms with Gasteiger partial charge in [0.2, 0.25) is 5.91 Å². The van der Waals surface area contributed by atoms with Crippen molar-refractivity contribution in [3.8, 4) is 0 Å². The molecule has 0 aliphatic carbocycles. The van der Waals surface area contributed by atoms with Gasteiger partial charge in [-0.3, -0.25) is 19.7 Å². The zero-order chi connectivity index (χ0) is 21.4. The summed E-state index contributed by atoms with van der Waals surface area (Å²) in [6.45, 7) is 6.78. The van der Waals surface area contributed by atoms with Crippen LogP contribution in [-0.2, 0) is 9.59 Å². The van der Waals surface area contributed by atoms with E-state index in [4.69, 9.17) is 0 Å². The molecule has 0 saturated carbocycles. The number of nitro benzene ring substituents is 1. The third kappa shape index (κ3) is 3.54. The first-order chi connectivity index (χ1) is 14.4. The quantitative estimate of drug-likeness (QED) is 0.467. The molecule has 1 N–H and O–H groups in total. The lowest BCUT2D eigenvalue weighted by Crippen LogP contribution is -3.19. The molecule has 2 aromatic rings. The minimum atomic E-state index is -0.406. The molecule has 4 rings (SSSR count). The normalized spacial score (nSPS) is 20.1. The predicted molar refractivity (Wildman–Crippen MR) is 113 cm³/mol. The van der Waals surface area contributed by atoms with Gasteiger partial charge in [0.15, 0.2) is 6.04 Å². The minimum absolute atomic E-state index is 0.0738. The van der Waals surface area contributed by atoms with Gasteiger partial charge in [-0.1, -0.05) is 18.2 Å². The standard InChI is InChI=1S/C22H24N4O4/c1-15-4-3-5-16(2)21(15)25-20(27)14-19(22(25)28)24-12-10-23(11-13-24)17-6-8-18(9-7-17)26(29)30/h3-9,19H,10-14H2,1-2H3/p+1/t19-/m0/s1. The fourth-order valence-corrected chi connectivity index (χ4v) is 4.53. The molecule has 0 bridgehead atoms. The van der Waals surface area contributed by atoms with Gasteiger partial charge in [0.25, 0.3) is 11.6 Å². The van der Waals surface area contributed by atoms with Crippen molar-refractivity contribution in [2.45, 2.75) is 26.3 Å². The van der Waals surface area contributed by atoms with Crippen molar-refractivity contribution in [3.63, 3.8) is 0 Å². The fraction of sp³-hybridized carbons (Fsp3) is 0.364. The van der Waals surface area contributed by atoms with Gasteiger partial charge in [-0.2, -0.15) is 0 Å². The van der Waals surface area contributed by atoms with Gasteiger partial charge in [-0.25, -0.2) is 4.90 Å². The first-order valence-corrected chi connectivity index (χ1v) is 10.1. The highest BCUT2D eigenvalue weighted by atomic mass is 16.6. The summed E-state index contributed by atoms with van der Waals surface area (Å²) in [5.41, 5.74) is 3.58. The number of rotatable bonds is 4. The van der Waals surface area contributed by atoms with E-state index in [-0.39, 0.29) is 30.0 Å². The van der Waals surface area contributed by atoms with Crippen LogP contribution in [0.3, 0.4) is 0 Å². The minimum Gasteiger partial charge on any atom is -0.360 e. The van der Waals surface area contributed by atoms with Crippen LogP contribution in [0.5, 0.6) is 0 Å². The largest absolute Gasteiger partial charge is 0.360 e. The maximum absolute atomic E-state index is 13.2. The number of nitrogens with zero attached hydrogens (tertiary/aromatic N) is 3. The highest BCUT2D eigenvalue weighted by molar-refractivity contribution is 6.22. The Morgan fingerprint density at radius 1 is 1.00 bits per heavy atom. The highest BCUT2D eigenvalue weighted by Crippen LogP contribution is 2.29. The number of carbonyl (C=O) groups is 2. The number of carbonyl (C=O) groups excluding carboxylic acids is 2. The number of aryl methyl sites for hydroxylation is 2. The summed E-state index contributed by atoms with van der Waals surface area (Å²) in [5.74, 6) is -0.246. The van der Waals surface area contributed by atoms with E-state index in [1.54, 1.807) is 12.1 Å². The number of nitro groups is 1. The topological polar surface area (TPSA) is 88.2 Å². The number of benzene rings is 2. The Morgan fingerprint density at radius 2 is 1.60 bits per heavy atom. The first kappa shape index (κ1) is 20.0. The lowest BCUT2D eigenvalue weighted by atomic mass is 10.1. The van der Waals surface area contributed by atoms with Gasteiger partial charge >= 0.3 is 0 Å². The Balaban J connectivity index is 1.44. The van der Waals surface area contributed by atoms with E-state index >= 15 is 0 Å². The number of non-ortho nitro benzene ring substituents is 1. The van der Waals surface area contributed by atoms with Crippen LogP contribution < -0.4 is 14.7 Å². The third-order valence-corrected chi connectivity index (χ3v) is 6.13. The number of imide groups is 1. The van der Waals surface area contributed by atoms with Crippen molar-refractivity contribution in [2.75, 3.05) is 36.0 Å². The zero-order valence-corrected chi connectivity index (χ0v) is 17.1. The molecule has 8 nitrogen and oxygen atoms in total. The van der Waals surface area contributed by atoms with Gasteiger partial charge in [-0.05, 0) is 37.1 Å². The second-order valence-electron chi connectivity index (χ2n) is 7.98. The molecule has 0 radical (unpaired) electrons. The van der Waals surface area contributed by atoms with Crippen molar-refractivity contribution in [1.82, 2.24) is 0 Å². The Kier molecular flexibility index (Phi) is 5.26. The Hall–Kier alpha value is -3.26. The molecule has 30 heavy (non-hydrogen) atoms. The number of quaternary nitrogens is 1. The smallest absolute Gasteiger partial charge is 0.292 e. The lowest BCUT2D eigenvalue weighted by Gasteiger charge is -2.35. The Morgan fingerprint density at radius 3 is 2.17 bits per heavy atom. The monoisotopic (exact) mass is 409 g/mol. The number of para-hydroxylation sites is 1. The van der Waals surface area contributed by atoms with Crippen LogP contribution in [0.4, 0.5) is 17.1 Å². The number of nitrogens with one attached hydrogen (secondary N) is 1. The third-order valence-electron chi connectivity index (χ3n) is 6.13. The summed E-state index contributed by atoms with van der Waals surface area (Å²) >= 11 is 0. The van der Waals surface area contributed by atoms with Crippen LogP contribution in [-0.4, -0.2) is 49.0 Å². The fourth-order valence-electron chi connectivity index (χ4n) is 4.53. The first-order valence-electron chi connectivity index (χ1n) is 10.1. The van der Waals surface area contributed by atoms with E-state index in [9.17, 15) is 19.7 Å². The average molecular weight is 409 g/mol. The van der Waals surface area contributed by atoms with E-state index < -0.39 is 4.92 Å². The Labute approximate surface area is 174 Å². The van der Waals surface area contributed by atoms with E-state index in [0.29, 0.717) is 0 Å². The zero-order valence-electron chi connectivity index (χ0n) is 17.1. The van der Waals surface area contributed by atoms with Gasteiger partial charge in [0.1, 0.15) is 0 Å². The van der Waals surface area contributed by atoms with Crippen LogP contribution in [0.2, 0.25) is 0 Å². The second kappa shape index (κ2) is 7.87. The maximum atomic E-state index is 13.2. The molecular formula is C22H25N4O4+. The molecule has 0 unspecified atom stereocenters. The van der Waals surface area contributed by atoms with Crippen LogP contribution in [0.15, 0.2) is 42.5 Å². The number of hydrogen-bond acceptors (Lipinski definition) is 5. The van der Waals surface area contributed by atoms with Crippen molar-refractivity contribution < 1.29 is 19.4 Å². The number of piperazine rings is 1. The molecule has 8 heteroatoms. The summed E-state index contributed by atoms with van der Waals surface area (Å²) < 4.78 is 0. The number of amides is 2. The molecule has 0 spiro atoms. The number of anilines is 2. The molecule has 2 aromatic carbocycles. The molecule has 2 saturated heterocycles. The summed E-state index contributed by atoms with van der Waals surface area (Å²) in [6, 6.07) is 12.0. The molecule has 2 aliphatic rings. The maximum Gasteiger partial charge on any atom is 0.292 e. The van der Waals surface area contributed by atoms with E-state index in [0.717, 1.165) is 53.6 Å². The summed E-state index contributed by atoms with van der Waals surface area (Å²) in [5, 5.41) is 10.8. The molecule has 2 fully saturated rings. The van der Waals surface area contributed by atoms with Crippen LogP contribution in [0.25, 0.3) is 0 Å². The van der Waals surface area contributed by atoms with E-state index in [1.807, 2.05) is 32.0 Å². The van der Waals surface area contributed by atoms with Gasteiger partial charge in [0, 0.05) is 17.8 Å². The molecule has 2 heterocycles. The molecule has 2 aliphatic heterocycles. The highest BCUT2D eigenvalue weighted by Gasteiger charge is 2.47. The van der Waals surface area contributed by atoms with Gasteiger partial charge < -0.3 is 9.80 Å². The van der Waals surface area contributed by atoms with Crippen LogP contribution in [0, 0.1) is 24.0 Å². The van der Waals surface area contributed by atoms with Crippen LogP contribution in [0.1, 0.15) is 17.5 Å². The second-order valence-corrected chi connectivity index (χ2v) is 7.98. The van der Waals surface area contributed by atoms with E-state index in [1.165, 1.54) is 17.0 Å². The summed E-state index contributed by atoms with van der Waals surface area (Å²) in [7, 11) is 0. The Bertz CT molecular complexity index is 976. The van der Waals surface area contributed by atoms with Crippen LogP contribution >= 0.6 is 0 Å². The molecule has 1 atom stereocenters. The summed E-state index contributed by atoms with van der Waals surface area (Å²) in [6.07, 6.45) is 0.236. The van der Waals surface area contributed by atoms with Crippen molar-refractivity contribution in [3.05, 3.63) is 63.7 Å². The SMILES string of the molecule is Cc1cccc(C)c1N1C(=O)C[C@H]([NH+]2CCN(c3ccc([N+](=O)[O-])cc3)CC2)C1=O.